The molecule has 2 aromatic heterocycles. The van der Waals surface area contributed by atoms with E-state index in [1.807, 2.05) is 48.7 Å². The van der Waals surface area contributed by atoms with E-state index in [9.17, 15) is 0 Å². The zero-order valence-corrected chi connectivity index (χ0v) is 18.6. The van der Waals surface area contributed by atoms with Gasteiger partial charge in [-0.2, -0.15) is 0 Å². The highest BCUT2D eigenvalue weighted by Crippen LogP contribution is 2.44. The summed E-state index contributed by atoms with van der Waals surface area (Å²) in [6.07, 6.45) is 6.55. The molecule has 2 aliphatic rings. The molecule has 0 bridgehead atoms. The molecule has 0 spiro atoms. The van der Waals surface area contributed by atoms with E-state index in [0.29, 0.717) is 21.8 Å². The molecule has 2 fully saturated rings. The predicted molar refractivity (Wildman–Crippen MR) is 124 cm³/mol. The van der Waals surface area contributed by atoms with E-state index >= 15 is 0 Å². The van der Waals surface area contributed by atoms with Crippen LogP contribution in [0.15, 0.2) is 59.1 Å². The maximum atomic E-state index is 6.43. The number of thiocarbonyl (C=S) groups is 1. The average Bonchev–Trinajstić information content (AvgIpc) is 3.50. The maximum Gasteiger partial charge on any atom is 0.170 e. The first kappa shape index (κ1) is 19.9. The van der Waals surface area contributed by atoms with Crippen molar-refractivity contribution in [1.29, 1.82) is 0 Å². The third-order valence-electron chi connectivity index (χ3n) is 5.99. The molecular weight excluding hydrogens is 437 g/mol. The Morgan fingerprint density at radius 3 is 2.63 bits per heavy atom. The highest BCUT2D eigenvalue weighted by molar-refractivity contribution is 7.80. The Balaban J connectivity index is 1.57. The summed E-state index contributed by atoms with van der Waals surface area (Å²) in [6, 6.07) is 15.8. The minimum atomic E-state index is -0.0758. The first-order chi connectivity index (χ1) is 14.6. The van der Waals surface area contributed by atoms with Crippen LogP contribution in [0.5, 0.6) is 0 Å². The first-order valence-electron chi connectivity index (χ1n) is 10.2. The number of rotatable bonds is 4. The van der Waals surface area contributed by atoms with Crippen molar-refractivity contribution in [1.82, 2.24) is 15.2 Å². The van der Waals surface area contributed by atoms with Gasteiger partial charge in [0.05, 0.1) is 21.8 Å². The van der Waals surface area contributed by atoms with E-state index in [-0.39, 0.29) is 12.1 Å². The summed E-state index contributed by atoms with van der Waals surface area (Å²) >= 11 is 18.4. The van der Waals surface area contributed by atoms with Crippen LogP contribution in [0.2, 0.25) is 10.0 Å². The number of furan rings is 1. The molecule has 2 atom stereocenters. The van der Waals surface area contributed by atoms with Gasteiger partial charge in [0.2, 0.25) is 0 Å². The normalized spacial score (nSPS) is 21.9. The Hall–Kier alpha value is -2.08. The van der Waals surface area contributed by atoms with E-state index in [1.54, 1.807) is 6.07 Å². The minimum Gasteiger partial charge on any atom is -0.459 e. The number of nitrogens with zero attached hydrogens (tertiary/aromatic N) is 2. The highest BCUT2D eigenvalue weighted by atomic mass is 35.5. The number of hydrogen-bond donors (Lipinski definition) is 1. The molecule has 154 valence electrons. The monoisotopic (exact) mass is 457 g/mol. The average molecular weight is 458 g/mol. The lowest BCUT2D eigenvalue weighted by Gasteiger charge is -2.31. The largest absolute Gasteiger partial charge is 0.459 e. The summed E-state index contributed by atoms with van der Waals surface area (Å²) < 4.78 is 6.37. The van der Waals surface area contributed by atoms with Gasteiger partial charge in [0.25, 0.3) is 0 Å². The van der Waals surface area contributed by atoms with Crippen LogP contribution in [-0.2, 0) is 0 Å². The molecular formula is C23H21Cl2N3OS. The van der Waals surface area contributed by atoms with Gasteiger partial charge in [-0.25, -0.2) is 0 Å². The van der Waals surface area contributed by atoms with E-state index < -0.39 is 0 Å². The van der Waals surface area contributed by atoms with Crippen molar-refractivity contribution in [3.05, 3.63) is 76.2 Å². The van der Waals surface area contributed by atoms with E-state index in [1.165, 1.54) is 12.8 Å². The number of nitrogens with one attached hydrogen (secondary N) is 1. The fourth-order valence-electron chi connectivity index (χ4n) is 4.60. The molecule has 3 aromatic rings. The number of halogens is 2. The zero-order chi connectivity index (χ0) is 20.7. The van der Waals surface area contributed by atoms with Crippen LogP contribution >= 0.6 is 35.4 Å². The summed E-state index contributed by atoms with van der Waals surface area (Å²) in [5.74, 6) is 1.54. The van der Waals surface area contributed by atoms with Crippen LogP contribution in [-0.4, -0.2) is 21.0 Å². The zero-order valence-electron chi connectivity index (χ0n) is 16.2. The number of hydrogen-bond acceptors (Lipinski definition) is 3. The van der Waals surface area contributed by atoms with Gasteiger partial charge in [-0.15, -0.1) is 0 Å². The van der Waals surface area contributed by atoms with E-state index in [4.69, 9.17) is 39.8 Å². The lowest BCUT2D eigenvalue weighted by atomic mass is 10.0. The second-order valence-corrected chi connectivity index (χ2v) is 8.95. The van der Waals surface area contributed by atoms with Crippen molar-refractivity contribution >= 4 is 40.5 Å². The molecule has 0 radical (unpaired) electrons. The van der Waals surface area contributed by atoms with E-state index in [0.717, 1.165) is 35.0 Å². The van der Waals surface area contributed by atoms with Crippen LogP contribution in [0, 0.1) is 0 Å². The maximum absolute atomic E-state index is 6.43. The lowest BCUT2D eigenvalue weighted by molar-refractivity contribution is 0.218. The Morgan fingerprint density at radius 1 is 1.03 bits per heavy atom. The number of aromatic nitrogens is 1. The van der Waals surface area contributed by atoms with Crippen LogP contribution in [0.3, 0.4) is 0 Å². The summed E-state index contributed by atoms with van der Waals surface area (Å²) in [5.41, 5.74) is 1.73. The van der Waals surface area contributed by atoms with Gasteiger partial charge in [0, 0.05) is 17.8 Å². The Morgan fingerprint density at radius 2 is 1.87 bits per heavy atom. The van der Waals surface area contributed by atoms with Gasteiger partial charge in [-0.3, -0.25) is 4.98 Å². The molecule has 30 heavy (non-hydrogen) atoms. The van der Waals surface area contributed by atoms with Gasteiger partial charge in [-0.1, -0.05) is 48.2 Å². The molecule has 3 heterocycles. The predicted octanol–water partition coefficient (Wildman–Crippen LogP) is 6.56. The van der Waals surface area contributed by atoms with Crippen LogP contribution in [0.4, 0.5) is 0 Å². The molecule has 1 saturated heterocycles. The molecule has 5 rings (SSSR count). The van der Waals surface area contributed by atoms with Gasteiger partial charge >= 0.3 is 0 Å². The van der Waals surface area contributed by atoms with Crippen LogP contribution in [0.1, 0.15) is 49.2 Å². The van der Waals surface area contributed by atoms with Crippen molar-refractivity contribution in [2.24, 2.45) is 0 Å². The topological polar surface area (TPSA) is 41.3 Å². The second kappa shape index (κ2) is 8.22. The fraction of sp³-hybridized carbons (Fsp3) is 0.304. The number of pyridine rings is 1. The standard InChI is InChI=1S/C23H21Cl2N3OS/c24-16-9-5-8-15(20(16)25)18-11-12-19(29-18)22-21(17-10-3-4-13-26-17)27-23(30)28(22)14-6-1-2-7-14/h3-5,8-14,21-22H,1-2,6-7H2,(H,27,30). The molecule has 0 amide bonds. The SMILES string of the molecule is S=C1NC(c2ccccn2)C(c2ccc(-c3cccc(Cl)c3Cl)o2)N1C1CCCC1. The van der Waals surface area contributed by atoms with E-state index in [2.05, 4.69) is 15.2 Å². The minimum absolute atomic E-state index is 0.0674. The van der Waals surface area contributed by atoms with Crippen LogP contribution < -0.4 is 5.32 Å². The van der Waals surface area contributed by atoms with Gasteiger partial charge < -0.3 is 14.6 Å². The fourth-order valence-corrected chi connectivity index (χ4v) is 5.38. The second-order valence-electron chi connectivity index (χ2n) is 7.78. The molecule has 1 aliphatic heterocycles. The summed E-state index contributed by atoms with van der Waals surface area (Å²) in [5, 5.41) is 5.27. The molecule has 7 heteroatoms. The lowest BCUT2D eigenvalue weighted by Crippen LogP contribution is -2.37. The summed E-state index contributed by atoms with van der Waals surface area (Å²) in [6.45, 7) is 0. The Bertz CT molecular complexity index is 1070. The molecule has 1 aromatic carbocycles. The summed E-state index contributed by atoms with van der Waals surface area (Å²) in [7, 11) is 0. The van der Waals surface area contributed by atoms with Gasteiger partial charge in [-0.05, 0) is 61.5 Å². The molecule has 1 aliphatic carbocycles. The molecule has 1 N–H and O–H groups in total. The van der Waals surface area contributed by atoms with Crippen molar-refractivity contribution in [3.8, 4) is 11.3 Å². The Kier molecular flexibility index (Phi) is 5.44. The highest BCUT2D eigenvalue weighted by Gasteiger charge is 2.45. The van der Waals surface area contributed by atoms with Gasteiger partial charge in [0.1, 0.15) is 17.6 Å². The van der Waals surface area contributed by atoms with Crippen LogP contribution in [0.25, 0.3) is 11.3 Å². The molecule has 2 unspecified atom stereocenters. The quantitative estimate of drug-likeness (QED) is 0.448. The van der Waals surface area contributed by atoms with Crippen molar-refractivity contribution in [2.75, 3.05) is 0 Å². The third-order valence-corrected chi connectivity index (χ3v) is 7.14. The first-order valence-corrected chi connectivity index (χ1v) is 11.3. The van der Waals surface area contributed by atoms with Crippen molar-refractivity contribution in [3.63, 3.8) is 0 Å². The molecule has 1 saturated carbocycles. The smallest absolute Gasteiger partial charge is 0.170 e. The van der Waals surface area contributed by atoms with Crippen molar-refractivity contribution < 1.29 is 4.42 Å². The van der Waals surface area contributed by atoms with Crippen molar-refractivity contribution in [2.45, 2.75) is 43.8 Å². The number of benzene rings is 1. The molecule has 4 nitrogen and oxygen atoms in total. The third kappa shape index (κ3) is 3.49. The van der Waals surface area contributed by atoms with Gasteiger partial charge in [0.15, 0.2) is 5.11 Å². The Labute approximate surface area is 191 Å². The summed E-state index contributed by atoms with van der Waals surface area (Å²) in [4.78, 5) is 6.92.